The SMILES string of the molecule is CNC(C)CCCS(=O)CC(C)C. The van der Waals surface area contributed by atoms with Gasteiger partial charge in [0.25, 0.3) is 0 Å². The maximum absolute atomic E-state index is 11.4. The molecule has 0 aromatic carbocycles. The van der Waals surface area contributed by atoms with Crippen LogP contribution in [0.5, 0.6) is 0 Å². The number of hydrogen-bond acceptors (Lipinski definition) is 2. The van der Waals surface area contributed by atoms with Gasteiger partial charge in [0.05, 0.1) is 0 Å². The molecule has 80 valence electrons. The van der Waals surface area contributed by atoms with Crippen LogP contribution in [0.1, 0.15) is 33.6 Å². The molecule has 2 nitrogen and oxygen atoms in total. The van der Waals surface area contributed by atoms with Gasteiger partial charge in [0.2, 0.25) is 0 Å². The molecule has 2 unspecified atom stereocenters. The average molecular weight is 205 g/mol. The Kier molecular flexibility index (Phi) is 7.57. The van der Waals surface area contributed by atoms with E-state index in [2.05, 4.69) is 26.1 Å². The standard InChI is InChI=1S/C10H23NOS/c1-9(2)8-13(12)7-5-6-10(3)11-4/h9-11H,5-8H2,1-4H3. The van der Waals surface area contributed by atoms with Crippen molar-refractivity contribution in [1.82, 2.24) is 5.32 Å². The van der Waals surface area contributed by atoms with Crippen LogP contribution in [0.15, 0.2) is 0 Å². The minimum atomic E-state index is -0.596. The lowest BCUT2D eigenvalue weighted by Gasteiger charge is -2.09. The van der Waals surface area contributed by atoms with E-state index >= 15 is 0 Å². The van der Waals surface area contributed by atoms with Crippen molar-refractivity contribution in [3.05, 3.63) is 0 Å². The van der Waals surface area contributed by atoms with Crippen molar-refractivity contribution in [1.29, 1.82) is 0 Å². The summed E-state index contributed by atoms with van der Waals surface area (Å²) in [6.07, 6.45) is 2.20. The summed E-state index contributed by atoms with van der Waals surface area (Å²) in [5.74, 6) is 2.28. The van der Waals surface area contributed by atoms with Crippen molar-refractivity contribution in [3.8, 4) is 0 Å². The molecule has 0 aromatic rings. The minimum absolute atomic E-state index is 0.552. The largest absolute Gasteiger partial charge is 0.317 e. The van der Waals surface area contributed by atoms with Crippen LogP contribution >= 0.6 is 0 Å². The van der Waals surface area contributed by atoms with Crippen molar-refractivity contribution in [2.24, 2.45) is 5.92 Å². The van der Waals surface area contributed by atoms with E-state index in [9.17, 15) is 4.21 Å². The first-order valence-electron chi connectivity index (χ1n) is 5.08. The van der Waals surface area contributed by atoms with E-state index in [-0.39, 0.29) is 0 Å². The molecule has 1 N–H and O–H groups in total. The molecule has 2 atom stereocenters. The lowest BCUT2D eigenvalue weighted by molar-refractivity contribution is 0.556. The fourth-order valence-corrected chi connectivity index (χ4v) is 2.55. The fraction of sp³-hybridized carbons (Fsp3) is 1.00. The Balaban J connectivity index is 3.37. The summed E-state index contributed by atoms with van der Waals surface area (Å²) in [5, 5.41) is 3.18. The van der Waals surface area contributed by atoms with Crippen molar-refractivity contribution in [2.75, 3.05) is 18.6 Å². The zero-order valence-corrected chi connectivity index (χ0v) is 10.1. The van der Waals surface area contributed by atoms with E-state index in [0.717, 1.165) is 24.3 Å². The van der Waals surface area contributed by atoms with Gasteiger partial charge in [0.1, 0.15) is 0 Å². The first-order chi connectivity index (χ1) is 6.06. The van der Waals surface area contributed by atoms with Crippen LogP contribution in [0.4, 0.5) is 0 Å². The van der Waals surface area contributed by atoms with Crippen LogP contribution in [-0.4, -0.2) is 28.8 Å². The maximum atomic E-state index is 11.4. The Bertz CT molecular complexity index is 148. The van der Waals surface area contributed by atoms with E-state index < -0.39 is 10.8 Å². The van der Waals surface area contributed by atoms with Gasteiger partial charge < -0.3 is 5.32 Å². The normalized spacial score (nSPS) is 16.1. The summed E-state index contributed by atoms with van der Waals surface area (Å²) < 4.78 is 11.4. The molecule has 0 spiro atoms. The highest BCUT2D eigenvalue weighted by Crippen LogP contribution is 2.01. The summed E-state index contributed by atoms with van der Waals surface area (Å²) in [6, 6.07) is 0.552. The predicted octanol–water partition coefficient (Wildman–Crippen LogP) is 1.78. The number of nitrogens with one attached hydrogen (secondary N) is 1. The third-order valence-corrected chi connectivity index (χ3v) is 3.80. The van der Waals surface area contributed by atoms with Crippen molar-refractivity contribution < 1.29 is 4.21 Å². The van der Waals surface area contributed by atoms with Gasteiger partial charge in [-0.1, -0.05) is 13.8 Å². The average Bonchev–Trinajstić information content (AvgIpc) is 2.02. The second-order valence-electron chi connectivity index (χ2n) is 4.04. The molecule has 0 saturated carbocycles. The molecule has 3 heteroatoms. The Morgan fingerprint density at radius 2 is 1.92 bits per heavy atom. The van der Waals surface area contributed by atoms with Gasteiger partial charge in [-0.15, -0.1) is 0 Å². The second-order valence-corrected chi connectivity index (χ2v) is 5.66. The molecule has 0 saturated heterocycles. The Hall–Kier alpha value is 0.110. The molecule has 0 bridgehead atoms. The first-order valence-corrected chi connectivity index (χ1v) is 6.57. The third kappa shape index (κ3) is 8.44. The van der Waals surface area contributed by atoms with Crippen LogP contribution in [0.2, 0.25) is 0 Å². The molecule has 0 aliphatic heterocycles. The second kappa shape index (κ2) is 7.51. The van der Waals surface area contributed by atoms with Gasteiger partial charge >= 0.3 is 0 Å². The van der Waals surface area contributed by atoms with Crippen molar-refractivity contribution in [2.45, 2.75) is 39.7 Å². The summed E-state index contributed by atoms with van der Waals surface area (Å²) in [5.41, 5.74) is 0. The van der Waals surface area contributed by atoms with E-state index in [4.69, 9.17) is 0 Å². The maximum Gasteiger partial charge on any atom is 0.0257 e. The minimum Gasteiger partial charge on any atom is -0.317 e. The molecule has 0 heterocycles. The Morgan fingerprint density at radius 1 is 1.31 bits per heavy atom. The highest BCUT2D eigenvalue weighted by atomic mass is 32.2. The fourth-order valence-electron chi connectivity index (χ4n) is 1.15. The third-order valence-electron chi connectivity index (χ3n) is 2.02. The molecule has 0 aliphatic rings. The van der Waals surface area contributed by atoms with Gasteiger partial charge in [-0.25, -0.2) is 0 Å². The van der Waals surface area contributed by atoms with E-state index in [1.807, 2.05) is 7.05 Å². The van der Waals surface area contributed by atoms with Gasteiger partial charge in [0, 0.05) is 28.3 Å². The zero-order valence-electron chi connectivity index (χ0n) is 9.30. The van der Waals surface area contributed by atoms with Gasteiger partial charge in [-0.2, -0.15) is 0 Å². The molecule has 0 amide bonds. The predicted molar refractivity (Wildman–Crippen MR) is 60.5 cm³/mol. The summed E-state index contributed by atoms with van der Waals surface area (Å²) in [7, 11) is 1.37. The summed E-state index contributed by atoms with van der Waals surface area (Å²) in [6.45, 7) is 6.40. The van der Waals surface area contributed by atoms with Crippen molar-refractivity contribution in [3.63, 3.8) is 0 Å². The number of rotatable bonds is 7. The molecule has 0 rings (SSSR count). The van der Waals surface area contributed by atoms with E-state index in [1.165, 1.54) is 0 Å². The zero-order chi connectivity index (χ0) is 10.3. The monoisotopic (exact) mass is 205 g/mol. The molecule has 13 heavy (non-hydrogen) atoms. The van der Waals surface area contributed by atoms with Gasteiger partial charge in [0.15, 0.2) is 0 Å². The number of hydrogen-bond donors (Lipinski definition) is 1. The lowest BCUT2D eigenvalue weighted by atomic mass is 10.2. The van der Waals surface area contributed by atoms with Gasteiger partial charge in [-0.05, 0) is 32.7 Å². The highest BCUT2D eigenvalue weighted by Gasteiger charge is 2.04. The topological polar surface area (TPSA) is 29.1 Å². The highest BCUT2D eigenvalue weighted by molar-refractivity contribution is 7.84. The van der Waals surface area contributed by atoms with Crippen LogP contribution in [-0.2, 0) is 10.8 Å². The lowest BCUT2D eigenvalue weighted by Crippen LogP contribution is -2.21. The van der Waals surface area contributed by atoms with E-state index in [1.54, 1.807) is 0 Å². The molecule has 0 fully saturated rings. The van der Waals surface area contributed by atoms with Crippen LogP contribution in [0.3, 0.4) is 0 Å². The smallest absolute Gasteiger partial charge is 0.0257 e. The Labute approximate surface area is 84.9 Å². The summed E-state index contributed by atoms with van der Waals surface area (Å²) >= 11 is 0. The molecule has 0 aliphatic carbocycles. The molecule has 0 aromatic heterocycles. The van der Waals surface area contributed by atoms with Gasteiger partial charge in [-0.3, -0.25) is 4.21 Å². The quantitative estimate of drug-likeness (QED) is 0.686. The summed E-state index contributed by atoms with van der Waals surface area (Å²) in [4.78, 5) is 0. The van der Waals surface area contributed by atoms with Crippen LogP contribution in [0, 0.1) is 5.92 Å². The molecular formula is C10H23NOS. The van der Waals surface area contributed by atoms with Crippen LogP contribution < -0.4 is 5.32 Å². The van der Waals surface area contributed by atoms with Crippen LogP contribution in [0.25, 0.3) is 0 Å². The van der Waals surface area contributed by atoms with Crippen molar-refractivity contribution >= 4 is 10.8 Å². The molecule has 0 radical (unpaired) electrons. The molecular weight excluding hydrogens is 182 g/mol. The Morgan fingerprint density at radius 3 is 2.38 bits per heavy atom. The van der Waals surface area contributed by atoms with E-state index in [0.29, 0.717) is 12.0 Å². The first kappa shape index (κ1) is 13.1.